The molecule has 0 radical (unpaired) electrons. The molecule has 0 aromatic carbocycles. The zero-order valence-corrected chi connectivity index (χ0v) is 6.39. The highest BCUT2D eigenvalue weighted by Gasteiger charge is 2.12. The van der Waals surface area contributed by atoms with Crippen LogP contribution in [0, 0.1) is 5.92 Å². The average Bonchev–Trinajstić information content (AvgIpc) is 1.63. The summed E-state index contributed by atoms with van der Waals surface area (Å²) in [5, 5.41) is 0. The Bertz CT molecular complexity index is 71.3. The first kappa shape index (κ1) is 8.89. The van der Waals surface area contributed by atoms with Gasteiger partial charge in [0, 0.05) is 6.04 Å². The van der Waals surface area contributed by atoms with Crippen LogP contribution >= 0.6 is 0 Å². The van der Waals surface area contributed by atoms with Crippen LogP contribution in [0.2, 0.25) is 0 Å². The summed E-state index contributed by atoms with van der Waals surface area (Å²) < 4.78 is 12.7. The maximum Gasteiger partial charge on any atom is 0.104 e. The van der Waals surface area contributed by atoms with E-state index in [1.165, 1.54) is 0 Å². The smallest absolute Gasteiger partial charge is 0.104 e. The van der Waals surface area contributed by atoms with Gasteiger partial charge in [-0.15, -0.1) is 0 Å². The molecule has 0 rings (SSSR count). The van der Waals surface area contributed by atoms with E-state index < -0.39 is 6.17 Å². The van der Waals surface area contributed by atoms with Gasteiger partial charge < -0.3 is 5.73 Å². The lowest BCUT2D eigenvalue weighted by Crippen LogP contribution is -2.23. The van der Waals surface area contributed by atoms with E-state index in [0.29, 0.717) is 6.42 Å². The minimum atomic E-state index is -0.731. The second-order valence-electron chi connectivity index (χ2n) is 2.97. The summed E-state index contributed by atoms with van der Waals surface area (Å²) in [6.45, 7) is 5.56. The van der Waals surface area contributed by atoms with Gasteiger partial charge in [0.2, 0.25) is 0 Å². The largest absolute Gasteiger partial charge is 0.328 e. The minimum Gasteiger partial charge on any atom is -0.328 e. The van der Waals surface area contributed by atoms with E-state index in [1.807, 2.05) is 20.8 Å². The van der Waals surface area contributed by atoms with Gasteiger partial charge in [0.25, 0.3) is 0 Å². The van der Waals surface area contributed by atoms with Crippen molar-refractivity contribution >= 4 is 0 Å². The lowest BCUT2D eigenvalue weighted by Gasteiger charge is -2.13. The molecule has 2 heteroatoms. The summed E-state index contributed by atoms with van der Waals surface area (Å²) in [5.74, 6) is 0.107. The highest BCUT2D eigenvalue weighted by Crippen LogP contribution is 2.10. The van der Waals surface area contributed by atoms with Crippen LogP contribution in [0.1, 0.15) is 27.2 Å². The Morgan fingerprint density at radius 1 is 1.33 bits per heavy atom. The molecule has 0 aliphatic carbocycles. The fourth-order valence-electron chi connectivity index (χ4n) is 0.627. The third-order valence-corrected chi connectivity index (χ3v) is 1.32. The summed E-state index contributed by atoms with van der Waals surface area (Å²) >= 11 is 0. The fraction of sp³-hybridized carbons (Fsp3) is 1.00. The number of halogens is 1. The van der Waals surface area contributed by atoms with Gasteiger partial charge in [0.05, 0.1) is 0 Å². The van der Waals surface area contributed by atoms with Crippen molar-refractivity contribution in [1.82, 2.24) is 0 Å². The second-order valence-corrected chi connectivity index (χ2v) is 2.97. The van der Waals surface area contributed by atoms with Crippen LogP contribution in [0.25, 0.3) is 0 Å². The Balaban J connectivity index is 3.38. The van der Waals surface area contributed by atoms with Gasteiger partial charge in [-0.2, -0.15) is 0 Å². The Labute approximate surface area is 56.4 Å². The van der Waals surface area contributed by atoms with Gasteiger partial charge in [-0.05, 0) is 19.3 Å². The van der Waals surface area contributed by atoms with Crippen LogP contribution in [-0.4, -0.2) is 12.2 Å². The van der Waals surface area contributed by atoms with Gasteiger partial charge in [0.1, 0.15) is 6.17 Å². The zero-order valence-electron chi connectivity index (χ0n) is 6.39. The summed E-state index contributed by atoms with van der Waals surface area (Å²) in [4.78, 5) is 0. The first-order valence-electron chi connectivity index (χ1n) is 3.43. The molecule has 0 fully saturated rings. The molecule has 9 heavy (non-hydrogen) atoms. The van der Waals surface area contributed by atoms with Crippen molar-refractivity contribution in [3.63, 3.8) is 0 Å². The van der Waals surface area contributed by atoms with E-state index in [2.05, 4.69) is 0 Å². The maximum atomic E-state index is 12.7. The molecular formula is C7H16FN. The Morgan fingerprint density at radius 2 is 1.78 bits per heavy atom. The number of rotatable bonds is 3. The standard InChI is InChI=1S/C7H16FN/c1-5(2)7(8)4-6(3)9/h5-7H,4,9H2,1-3H3. The molecule has 0 spiro atoms. The third kappa shape index (κ3) is 4.40. The highest BCUT2D eigenvalue weighted by molar-refractivity contribution is 4.65. The molecule has 0 saturated heterocycles. The normalized spacial score (nSPS) is 18.0. The molecule has 2 atom stereocenters. The summed E-state index contributed by atoms with van der Waals surface area (Å²) in [5.41, 5.74) is 5.39. The van der Waals surface area contributed by atoms with Crippen molar-refractivity contribution in [2.75, 3.05) is 0 Å². The fourth-order valence-corrected chi connectivity index (χ4v) is 0.627. The SMILES string of the molecule is CC(N)CC(F)C(C)C. The van der Waals surface area contributed by atoms with E-state index in [4.69, 9.17) is 5.73 Å². The van der Waals surface area contributed by atoms with E-state index in [-0.39, 0.29) is 12.0 Å². The van der Waals surface area contributed by atoms with Crippen molar-refractivity contribution < 1.29 is 4.39 Å². The predicted molar refractivity (Wildman–Crippen MR) is 38.0 cm³/mol. The summed E-state index contributed by atoms with van der Waals surface area (Å²) in [6, 6.07) is -0.0117. The van der Waals surface area contributed by atoms with Crippen molar-refractivity contribution in [3.8, 4) is 0 Å². The van der Waals surface area contributed by atoms with Crippen LogP contribution in [-0.2, 0) is 0 Å². The van der Waals surface area contributed by atoms with Crippen molar-refractivity contribution in [2.45, 2.75) is 39.4 Å². The van der Waals surface area contributed by atoms with Crippen molar-refractivity contribution in [3.05, 3.63) is 0 Å². The molecule has 0 aromatic heterocycles. The van der Waals surface area contributed by atoms with Crippen molar-refractivity contribution in [2.24, 2.45) is 11.7 Å². The van der Waals surface area contributed by atoms with Crippen LogP contribution < -0.4 is 5.73 Å². The van der Waals surface area contributed by atoms with Crippen molar-refractivity contribution in [1.29, 1.82) is 0 Å². The topological polar surface area (TPSA) is 26.0 Å². The predicted octanol–water partition coefficient (Wildman–Crippen LogP) is 1.72. The van der Waals surface area contributed by atoms with Crippen LogP contribution in [0.15, 0.2) is 0 Å². The molecule has 0 amide bonds. The van der Waals surface area contributed by atoms with E-state index >= 15 is 0 Å². The average molecular weight is 133 g/mol. The van der Waals surface area contributed by atoms with E-state index in [9.17, 15) is 4.39 Å². The quantitative estimate of drug-likeness (QED) is 0.623. The molecule has 0 heterocycles. The van der Waals surface area contributed by atoms with Gasteiger partial charge in [-0.1, -0.05) is 13.8 Å². The van der Waals surface area contributed by atoms with Crippen LogP contribution in [0.4, 0.5) is 4.39 Å². The van der Waals surface area contributed by atoms with Gasteiger partial charge >= 0.3 is 0 Å². The first-order chi connectivity index (χ1) is 4.04. The summed E-state index contributed by atoms with van der Waals surface area (Å²) in [7, 11) is 0. The highest BCUT2D eigenvalue weighted by atomic mass is 19.1. The molecule has 0 aliphatic rings. The Morgan fingerprint density at radius 3 is 1.89 bits per heavy atom. The third-order valence-electron chi connectivity index (χ3n) is 1.32. The van der Waals surface area contributed by atoms with Gasteiger partial charge in [-0.25, -0.2) is 4.39 Å². The Hall–Kier alpha value is -0.110. The first-order valence-corrected chi connectivity index (χ1v) is 3.43. The molecule has 2 N–H and O–H groups in total. The number of alkyl halides is 1. The molecule has 1 nitrogen and oxygen atoms in total. The molecule has 0 saturated carbocycles. The number of hydrogen-bond acceptors (Lipinski definition) is 1. The number of nitrogens with two attached hydrogens (primary N) is 1. The monoisotopic (exact) mass is 133 g/mol. The van der Waals surface area contributed by atoms with E-state index in [0.717, 1.165) is 0 Å². The maximum absolute atomic E-state index is 12.7. The second kappa shape index (κ2) is 3.83. The van der Waals surface area contributed by atoms with E-state index in [1.54, 1.807) is 0 Å². The van der Waals surface area contributed by atoms with Crippen LogP contribution in [0.5, 0.6) is 0 Å². The Kier molecular flexibility index (Phi) is 3.78. The molecule has 2 unspecified atom stereocenters. The molecule has 56 valence electrons. The molecule has 0 aromatic rings. The molecule has 0 bridgehead atoms. The number of hydrogen-bond donors (Lipinski definition) is 1. The lowest BCUT2D eigenvalue weighted by atomic mass is 10.0. The zero-order chi connectivity index (χ0) is 7.44. The van der Waals surface area contributed by atoms with Crippen LogP contribution in [0.3, 0.4) is 0 Å². The molecular weight excluding hydrogens is 117 g/mol. The van der Waals surface area contributed by atoms with Gasteiger partial charge in [0.15, 0.2) is 0 Å². The van der Waals surface area contributed by atoms with Gasteiger partial charge in [-0.3, -0.25) is 0 Å². The minimum absolute atomic E-state index is 0.0117. The molecule has 0 aliphatic heterocycles. The summed E-state index contributed by atoms with van der Waals surface area (Å²) in [6.07, 6.45) is -0.248. The lowest BCUT2D eigenvalue weighted by molar-refractivity contribution is 0.230.